The van der Waals surface area contributed by atoms with Crippen LogP contribution in [0.25, 0.3) is 0 Å². The molecule has 92 valence electrons. The number of nitrogens with zero attached hydrogens (tertiary/aromatic N) is 2. The maximum absolute atomic E-state index is 11.9. The first-order chi connectivity index (χ1) is 7.10. The summed E-state index contributed by atoms with van der Waals surface area (Å²) in [5.74, 6) is -1.23. The highest BCUT2D eigenvalue weighted by atomic mass is 32.2. The molecule has 7 nitrogen and oxygen atoms in total. The van der Waals surface area contributed by atoms with Crippen molar-refractivity contribution in [3.8, 4) is 0 Å². The van der Waals surface area contributed by atoms with E-state index in [0.717, 1.165) is 8.61 Å². The minimum atomic E-state index is -3.79. The molecule has 0 aliphatic carbocycles. The predicted octanol–water partition coefficient (Wildman–Crippen LogP) is -1.47. The zero-order valence-corrected chi connectivity index (χ0v) is 10.5. The molecular formula is C8H15N3O4S. The Bertz CT molecular complexity index is 427. The summed E-state index contributed by atoms with van der Waals surface area (Å²) in [6.07, 6.45) is 0. The Morgan fingerprint density at radius 2 is 1.81 bits per heavy atom. The number of amides is 2. The molecule has 1 fully saturated rings. The van der Waals surface area contributed by atoms with E-state index in [1.807, 2.05) is 0 Å². The van der Waals surface area contributed by atoms with Gasteiger partial charge in [-0.25, -0.2) is 0 Å². The van der Waals surface area contributed by atoms with Crippen LogP contribution in [0.3, 0.4) is 0 Å². The van der Waals surface area contributed by atoms with Crippen LogP contribution >= 0.6 is 0 Å². The Balaban J connectivity index is 3.21. The van der Waals surface area contributed by atoms with Gasteiger partial charge in [0.25, 0.3) is 10.2 Å². The summed E-state index contributed by atoms with van der Waals surface area (Å²) in [5, 5.41) is 2.11. The fraction of sp³-hybridized carbons (Fsp3) is 0.750. The van der Waals surface area contributed by atoms with Gasteiger partial charge in [0.1, 0.15) is 5.54 Å². The molecule has 16 heavy (non-hydrogen) atoms. The van der Waals surface area contributed by atoms with Gasteiger partial charge in [-0.15, -0.1) is 0 Å². The van der Waals surface area contributed by atoms with E-state index in [9.17, 15) is 18.0 Å². The second-order valence-electron chi connectivity index (χ2n) is 4.23. The molecule has 1 saturated heterocycles. The zero-order chi connectivity index (χ0) is 12.7. The maximum atomic E-state index is 11.9. The summed E-state index contributed by atoms with van der Waals surface area (Å²) in [7, 11) is -1.09. The molecule has 0 radical (unpaired) electrons. The normalized spacial score (nSPS) is 22.3. The van der Waals surface area contributed by atoms with Crippen molar-refractivity contribution in [3.63, 3.8) is 0 Å². The fourth-order valence-corrected chi connectivity index (χ4v) is 2.66. The molecular weight excluding hydrogens is 234 g/mol. The summed E-state index contributed by atoms with van der Waals surface area (Å²) >= 11 is 0. The molecule has 8 heteroatoms. The standard InChI is InChI=1S/C8H15N3O4S/c1-8(2)7(13)9-6(12)5-11(8)16(14,15)10(3)4/h5H2,1-4H3,(H,9,12,13). The first-order valence-corrected chi connectivity index (χ1v) is 6.04. The fourth-order valence-electron chi connectivity index (χ4n) is 1.33. The van der Waals surface area contributed by atoms with Crippen LogP contribution in [0.4, 0.5) is 0 Å². The van der Waals surface area contributed by atoms with Crippen molar-refractivity contribution in [3.05, 3.63) is 0 Å². The average Bonchev–Trinajstić information content (AvgIpc) is 2.11. The minimum Gasteiger partial charge on any atom is -0.294 e. The lowest BCUT2D eigenvalue weighted by Crippen LogP contribution is -2.66. The van der Waals surface area contributed by atoms with Crippen molar-refractivity contribution in [1.82, 2.24) is 13.9 Å². The third-order valence-corrected chi connectivity index (χ3v) is 4.52. The molecule has 0 spiro atoms. The van der Waals surface area contributed by atoms with Crippen LogP contribution < -0.4 is 5.32 Å². The number of carbonyl (C=O) groups excluding carboxylic acids is 2. The molecule has 0 aromatic rings. The van der Waals surface area contributed by atoms with Gasteiger partial charge in [0.2, 0.25) is 11.8 Å². The van der Waals surface area contributed by atoms with Crippen molar-refractivity contribution in [2.45, 2.75) is 19.4 Å². The van der Waals surface area contributed by atoms with Crippen LogP contribution in [0.5, 0.6) is 0 Å². The van der Waals surface area contributed by atoms with E-state index in [1.165, 1.54) is 27.9 Å². The lowest BCUT2D eigenvalue weighted by molar-refractivity contribution is -0.141. The molecule has 0 saturated carbocycles. The number of nitrogens with one attached hydrogen (secondary N) is 1. The minimum absolute atomic E-state index is 0.348. The number of piperazine rings is 1. The molecule has 0 atom stereocenters. The highest BCUT2D eigenvalue weighted by molar-refractivity contribution is 7.86. The maximum Gasteiger partial charge on any atom is 0.282 e. The van der Waals surface area contributed by atoms with Crippen LogP contribution in [0.1, 0.15) is 13.8 Å². The second-order valence-corrected chi connectivity index (χ2v) is 6.30. The lowest BCUT2D eigenvalue weighted by atomic mass is 10.0. The first kappa shape index (κ1) is 13.1. The van der Waals surface area contributed by atoms with E-state index >= 15 is 0 Å². The largest absolute Gasteiger partial charge is 0.294 e. The van der Waals surface area contributed by atoms with E-state index in [1.54, 1.807) is 0 Å². The van der Waals surface area contributed by atoms with Gasteiger partial charge in [-0.2, -0.15) is 17.0 Å². The van der Waals surface area contributed by atoms with E-state index in [0.29, 0.717) is 0 Å². The highest BCUT2D eigenvalue weighted by Gasteiger charge is 2.47. The molecule has 2 amide bonds. The number of hydrogen-bond donors (Lipinski definition) is 1. The summed E-state index contributed by atoms with van der Waals surface area (Å²) in [5.41, 5.74) is -1.27. The molecule has 1 aliphatic rings. The lowest BCUT2D eigenvalue weighted by Gasteiger charge is -2.39. The van der Waals surface area contributed by atoms with E-state index < -0.39 is 27.6 Å². The molecule has 1 aliphatic heterocycles. The molecule has 0 bridgehead atoms. The third kappa shape index (κ3) is 1.95. The van der Waals surface area contributed by atoms with Gasteiger partial charge in [-0.1, -0.05) is 0 Å². The smallest absolute Gasteiger partial charge is 0.282 e. The van der Waals surface area contributed by atoms with Crippen molar-refractivity contribution in [2.75, 3.05) is 20.6 Å². The predicted molar refractivity (Wildman–Crippen MR) is 56.5 cm³/mol. The number of hydrogen-bond acceptors (Lipinski definition) is 4. The van der Waals surface area contributed by atoms with Crippen LogP contribution in [-0.4, -0.2) is 55.0 Å². The van der Waals surface area contributed by atoms with Crippen molar-refractivity contribution in [1.29, 1.82) is 0 Å². The van der Waals surface area contributed by atoms with Gasteiger partial charge in [0.05, 0.1) is 6.54 Å². The Morgan fingerprint density at radius 1 is 1.31 bits per heavy atom. The number of carbonyl (C=O) groups is 2. The SMILES string of the molecule is CN(C)S(=O)(=O)N1CC(=O)NC(=O)C1(C)C. The molecule has 1 rings (SSSR count). The van der Waals surface area contributed by atoms with Crippen LogP contribution in [0.15, 0.2) is 0 Å². The van der Waals surface area contributed by atoms with Gasteiger partial charge >= 0.3 is 0 Å². The Labute approximate surface area is 94.6 Å². The average molecular weight is 249 g/mol. The third-order valence-electron chi connectivity index (χ3n) is 2.46. The molecule has 0 aromatic carbocycles. The summed E-state index contributed by atoms with van der Waals surface area (Å²) < 4.78 is 25.7. The molecule has 1 heterocycles. The van der Waals surface area contributed by atoms with Crippen LogP contribution in [0.2, 0.25) is 0 Å². The summed E-state index contributed by atoms with van der Waals surface area (Å²) in [6, 6.07) is 0. The monoisotopic (exact) mass is 249 g/mol. The molecule has 0 aromatic heterocycles. The number of imide groups is 1. The van der Waals surface area contributed by atoms with Gasteiger partial charge in [-0.3, -0.25) is 14.9 Å². The van der Waals surface area contributed by atoms with Gasteiger partial charge in [-0.05, 0) is 13.8 Å². The topological polar surface area (TPSA) is 86.8 Å². The highest BCUT2D eigenvalue weighted by Crippen LogP contribution is 2.22. The van der Waals surface area contributed by atoms with Gasteiger partial charge in [0, 0.05) is 14.1 Å². The number of rotatable bonds is 2. The van der Waals surface area contributed by atoms with Crippen LogP contribution in [0, 0.1) is 0 Å². The van der Waals surface area contributed by atoms with Crippen molar-refractivity contribution >= 4 is 22.0 Å². The Kier molecular flexibility index (Phi) is 3.10. The zero-order valence-electron chi connectivity index (χ0n) is 9.64. The van der Waals surface area contributed by atoms with Crippen molar-refractivity contribution < 1.29 is 18.0 Å². The van der Waals surface area contributed by atoms with E-state index in [2.05, 4.69) is 5.32 Å². The first-order valence-electron chi connectivity index (χ1n) is 4.64. The summed E-state index contributed by atoms with van der Waals surface area (Å²) in [6.45, 7) is 2.56. The summed E-state index contributed by atoms with van der Waals surface area (Å²) in [4.78, 5) is 22.7. The second kappa shape index (κ2) is 3.79. The Morgan fingerprint density at radius 3 is 2.25 bits per heavy atom. The van der Waals surface area contributed by atoms with Gasteiger partial charge in [0.15, 0.2) is 0 Å². The van der Waals surface area contributed by atoms with Gasteiger partial charge < -0.3 is 0 Å². The van der Waals surface area contributed by atoms with E-state index in [4.69, 9.17) is 0 Å². The van der Waals surface area contributed by atoms with Crippen molar-refractivity contribution in [2.24, 2.45) is 0 Å². The Hall–Kier alpha value is -0.990. The van der Waals surface area contributed by atoms with Crippen LogP contribution in [-0.2, 0) is 19.8 Å². The molecule has 0 unspecified atom stereocenters. The van der Waals surface area contributed by atoms with E-state index in [-0.39, 0.29) is 6.54 Å². The quantitative estimate of drug-likeness (QED) is 0.605. The molecule has 1 N–H and O–H groups in total.